The van der Waals surface area contributed by atoms with Crippen molar-refractivity contribution in [1.82, 2.24) is 15.5 Å². The molecule has 1 aliphatic heterocycles. The van der Waals surface area contributed by atoms with E-state index in [1.54, 1.807) is 0 Å². The Bertz CT molecular complexity index is 533. The Balaban J connectivity index is 1.59. The number of aliphatic hydroxyl groups is 1. The lowest BCUT2D eigenvalue weighted by Gasteiger charge is -2.24. The number of hydrogen-bond acceptors (Lipinski definition) is 3. The molecule has 3 rings (SSSR count). The third kappa shape index (κ3) is 2.34. The highest BCUT2D eigenvalue weighted by atomic mass is 16.3. The minimum Gasteiger partial charge on any atom is -0.387 e. The van der Waals surface area contributed by atoms with Gasteiger partial charge in [0, 0.05) is 32.5 Å². The molecule has 106 valence electrons. The van der Waals surface area contributed by atoms with Crippen LogP contribution in [-0.2, 0) is 12.8 Å². The molecule has 0 bridgehead atoms. The summed E-state index contributed by atoms with van der Waals surface area (Å²) in [6.07, 6.45) is 1.05. The zero-order valence-electron chi connectivity index (χ0n) is 11.1. The summed E-state index contributed by atoms with van der Waals surface area (Å²) < 4.78 is 0. The van der Waals surface area contributed by atoms with Crippen molar-refractivity contribution in [3.05, 3.63) is 35.4 Å². The fourth-order valence-corrected chi connectivity index (χ4v) is 2.80. The number of urea groups is 2. The average Bonchev–Trinajstić information content (AvgIpc) is 2.99. The first kappa shape index (κ1) is 12.9. The molecule has 1 saturated heterocycles. The Morgan fingerprint density at radius 1 is 1.35 bits per heavy atom. The number of fused-ring (bicyclic) bond motifs is 1. The molecule has 0 radical (unpaired) electrons. The first-order valence-corrected chi connectivity index (χ1v) is 6.70. The Morgan fingerprint density at radius 2 is 2.00 bits per heavy atom. The van der Waals surface area contributed by atoms with Crippen LogP contribution in [0.1, 0.15) is 11.1 Å². The molecule has 0 unspecified atom stereocenters. The van der Waals surface area contributed by atoms with Gasteiger partial charge in [-0.15, -0.1) is 0 Å². The molecule has 1 aromatic carbocycles. The van der Waals surface area contributed by atoms with Crippen LogP contribution in [0.5, 0.6) is 0 Å². The number of hydrogen-bond donors (Lipinski definition) is 3. The van der Waals surface area contributed by atoms with Crippen molar-refractivity contribution in [3.8, 4) is 0 Å². The van der Waals surface area contributed by atoms with Crippen molar-refractivity contribution >= 4 is 12.1 Å². The number of imide groups is 1. The molecule has 1 aliphatic carbocycles. The van der Waals surface area contributed by atoms with E-state index in [1.165, 1.54) is 0 Å². The van der Waals surface area contributed by atoms with Crippen molar-refractivity contribution in [3.63, 3.8) is 0 Å². The fourth-order valence-electron chi connectivity index (χ4n) is 2.80. The molecule has 2 aliphatic rings. The van der Waals surface area contributed by atoms with Crippen molar-refractivity contribution in [2.24, 2.45) is 0 Å². The lowest BCUT2D eigenvalue weighted by molar-refractivity contribution is 0.0526. The Hall–Kier alpha value is -2.08. The van der Waals surface area contributed by atoms with E-state index in [-0.39, 0.29) is 12.6 Å². The molecule has 0 atom stereocenters. The van der Waals surface area contributed by atoms with Crippen LogP contribution >= 0.6 is 0 Å². The zero-order valence-corrected chi connectivity index (χ0v) is 11.1. The smallest absolute Gasteiger partial charge is 0.325 e. The van der Waals surface area contributed by atoms with Crippen molar-refractivity contribution < 1.29 is 14.7 Å². The van der Waals surface area contributed by atoms with Crippen LogP contribution in [0, 0.1) is 0 Å². The normalized spacial score (nSPS) is 19.6. The second-order valence-electron chi connectivity index (χ2n) is 5.39. The van der Waals surface area contributed by atoms with E-state index in [9.17, 15) is 14.7 Å². The number of benzene rings is 1. The van der Waals surface area contributed by atoms with Crippen LogP contribution in [0.15, 0.2) is 24.3 Å². The van der Waals surface area contributed by atoms with Gasteiger partial charge in [-0.25, -0.2) is 14.5 Å². The second kappa shape index (κ2) is 4.79. The monoisotopic (exact) mass is 275 g/mol. The lowest BCUT2D eigenvalue weighted by Crippen LogP contribution is -2.49. The standard InChI is InChI=1S/C14H17N3O3/c18-12-15-5-6-17(12)13(19)16-9-14(20)7-10-3-1-2-4-11(10)8-14/h1-4,20H,5-9H2,(H,15,18)(H,16,19). The average molecular weight is 275 g/mol. The van der Waals surface area contributed by atoms with Crippen LogP contribution < -0.4 is 10.6 Å². The van der Waals surface area contributed by atoms with E-state index < -0.39 is 11.6 Å². The minimum atomic E-state index is -0.963. The maximum atomic E-state index is 11.9. The summed E-state index contributed by atoms with van der Waals surface area (Å²) in [6.45, 7) is 0.982. The maximum absolute atomic E-state index is 11.9. The molecule has 0 spiro atoms. The fraction of sp³-hybridized carbons (Fsp3) is 0.429. The van der Waals surface area contributed by atoms with Gasteiger partial charge in [-0.1, -0.05) is 24.3 Å². The molecule has 6 heteroatoms. The largest absolute Gasteiger partial charge is 0.387 e. The van der Waals surface area contributed by atoms with Crippen LogP contribution in [0.4, 0.5) is 9.59 Å². The summed E-state index contributed by atoms with van der Waals surface area (Å²) in [5.41, 5.74) is 1.27. The van der Waals surface area contributed by atoms with Crippen molar-refractivity contribution in [1.29, 1.82) is 0 Å². The highest BCUT2D eigenvalue weighted by Crippen LogP contribution is 2.29. The number of carbonyl (C=O) groups excluding carboxylic acids is 2. The highest BCUT2D eigenvalue weighted by molar-refractivity contribution is 5.94. The molecule has 0 saturated carbocycles. The van der Waals surface area contributed by atoms with Gasteiger partial charge in [0.1, 0.15) is 0 Å². The molecule has 6 nitrogen and oxygen atoms in total. The van der Waals surface area contributed by atoms with Crippen LogP contribution in [0.25, 0.3) is 0 Å². The summed E-state index contributed by atoms with van der Waals surface area (Å²) in [5, 5.41) is 15.8. The molecule has 3 N–H and O–H groups in total. The molecule has 1 fully saturated rings. The molecule has 4 amide bonds. The second-order valence-corrected chi connectivity index (χ2v) is 5.39. The van der Waals surface area contributed by atoms with Gasteiger partial charge in [0.2, 0.25) is 0 Å². The molecular weight excluding hydrogens is 258 g/mol. The molecular formula is C14H17N3O3. The summed E-state index contributed by atoms with van der Waals surface area (Å²) in [7, 11) is 0. The minimum absolute atomic E-state index is 0.143. The van der Waals surface area contributed by atoms with E-state index in [0.717, 1.165) is 16.0 Å². The Kier molecular flexibility index (Phi) is 3.10. The van der Waals surface area contributed by atoms with Gasteiger partial charge in [-0.05, 0) is 11.1 Å². The third-order valence-electron chi connectivity index (χ3n) is 3.83. The summed E-state index contributed by atoms with van der Waals surface area (Å²) in [5.74, 6) is 0. The third-order valence-corrected chi connectivity index (χ3v) is 3.83. The summed E-state index contributed by atoms with van der Waals surface area (Å²) >= 11 is 0. The number of carbonyl (C=O) groups is 2. The predicted molar refractivity (Wildman–Crippen MR) is 72.3 cm³/mol. The highest BCUT2D eigenvalue weighted by Gasteiger charge is 2.36. The number of amides is 4. The number of nitrogens with zero attached hydrogens (tertiary/aromatic N) is 1. The molecule has 20 heavy (non-hydrogen) atoms. The van der Waals surface area contributed by atoms with E-state index >= 15 is 0 Å². The molecule has 1 heterocycles. The van der Waals surface area contributed by atoms with E-state index in [2.05, 4.69) is 10.6 Å². The first-order valence-electron chi connectivity index (χ1n) is 6.70. The van der Waals surface area contributed by atoms with E-state index in [0.29, 0.717) is 25.9 Å². The van der Waals surface area contributed by atoms with Crippen molar-refractivity contribution in [2.45, 2.75) is 18.4 Å². The van der Waals surface area contributed by atoms with Crippen LogP contribution in [0.2, 0.25) is 0 Å². The van der Waals surface area contributed by atoms with Gasteiger partial charge in [0.05, 0.1) is 5.60 Å². The van der Waals surface area contributed by atoms with Gasteiger partial charge in [0.15, 0.2) is 0 Å². The SMILES string of the molecule is O=C1NCCN1C(=O)NCC1(O)Cc2ccccc2C1. The Labute approximate surface area is 116 Å². The Morgan fingerprint density at radius 3 is 2.55 bits per heavy atom. The van der Waals surface area contributed by atoms with Gasteiger partial charge in [-0.2, -0.15) is 0 Å². The van der Waals surface area contributed by atoms with Crippen LogP contribution in [-0.4, -0.2) is 47.3 Å². The quantitative estimate of drug-likeness (QED) is 0.723. The number of rotatable bonds is 2. The van der Waals surface area contributed by atoms with Crippen LogP contribution in [0.3, 0.4) is 0 Å². The molecule has 1 aromatic rings. The van der Waals surface area contributed by atoms with E-state index in [1.807, 2.05) is 24.3 Å². The summed E-state index contributed by atoms with van der Waals surface area (Å²) in [4.78, 5) is 24.3. The van der Waals surface area contributed by atoms with Gasteiger partial charge in [-0.3, -0.25) is 0 Å². The first-order chi connectivity index (χ1) is 9.57. The van der Waals surface area contributed by atoms with Gasteiger partial charge >= 0.3 is 12.1 Å². The summed E-state index contributed by atoms with van der Waals surface area (Å²) in [6, 6.07) is 7.02. The van der Waals surface area contributed by atoms with Gasteiger partial charge < -0.3 is 15.7 Å². The topological polar surface area (TPSA) is 81.7 Å². The van der Waals surface area contributed by atoms with Crippen molar-refractivity contribution in [2.75, 3.05) is 19.6 Å². The number of nitrogens with one attached hydrogen (secondary N) is 2. The zero-order chi connectivity index (χ0) is 14.2. The maximum Gasteiger partial charge on any atom is 0.325 e. The van der Waals surface area contributed by atoms with Gasteiger partial charge in [0.25, 0.3) is 0 Å². The lowest BCUT2D eigenvalue weighted by atomic mass is 10.0. The van der Waals surface area contributed by atoms with E-state index in [4.69, 9.17) is 0 Å². The predicted octanol–water partition coefficient (Wildman–Crippen LogP) is 0.251. The molecule has 0 aromatic heterocycles.